The van der Waals surface area contributed by atoms with Crippen LogP contribution < -0.4 is 10.1 Å². The summed E-state index contributed by atoms with van der Waals surface area (Å²) < 4.78 is 5.92. The number of ketones is 1. The SMILES string of the molecule is O=C(Nc1ccccc1Oc1ccccc1Cl)C1CC2CCCC(C1)C2=O. The molecular weight excluding hydrogens is 362 g/mol. The Bertz CT molecular complexity index is 850. The van der Waals surface area contributed by atoms with Gasteiger partial charge in [-0.1, -0.05) is 42.3 Å². The second-order valence-electron chi connectivity index (χ2n) is 7.41. The van der Waals surface area contributed by atoms with Gasteiger partial charge in [0.25, 0.3) is 0 Å². The molecule has 140 valence electrons. The molecule has 2 saturated carbocycles. The Labute approximate surface area is 163 Å². The lowest BCUT2D eigenvalue weighted by Gasteiger charge is -2.37. The van der Waals surface area contributed by atoms with Crippen LogP contribution in [0.25, 0.3) is 0 Å². The number of nitrogens with one attached hydrogen (secondary N) is 1. The number of Topliss-reactive ketones (excluding diaryl/α,β-unsaturated/α-hetero) is 1. The molecule has 2 unspecified atom stereocenters. The highest BCUT2D eigenvalue weighted by Gasteiger charge is 2.41. The van der Waals surface area contributed by atoms with Crippen molar-refractivity contribution in [1.82, 2.24) is 0 Å². The molecule has 2 aromatic rings. The number of carbonyl (C=O) groups excluding carboxylic acids is 2. The van der Waals surface area contributed by atoms with Crippen LogP contribution in [0.15, 0.2) is 48.5 Å². The van der Waals surface area contributed by atoms with Gasteiger partial charge in [-0.05, 0) is 49.9 Å². The quantitative estimate of drug-likeness (QED) is 0.761. The van der Waals surface area contributed by atoms with Crippen LogP contribution in [0.2, 0.25) is 5.02 Å². The first kappa shape index (κ1) is 18.1. The second kappa shape index (κ2) is 7.73. The van der Waals surface area contributed by atoms with Crippen LogP contribution in [0.5, 0.6) is 11.5 Å². The fraction of sp³-hybridized carbons (Fsp3) is 0.364. The number of fused-ring (bicyclic) bond motifs is 2. The lowest BCUT2D eigenvalue weighted by molar-refractivity contribution is -0.136. The summed E-state index contributed by atoms with van der Waals surface area (Å²) in [5.41, 5.74) is 0.615. The smallest absolute Gasteiger partial charge is 0.227 e. The van der Waals surface area contributed by atoms with Crippen molar-refractivity contribution in [1.29, 1.82) is 0 Å². The van der Waals surface area contributed by atoms with E-state index in [1.54, 1.807) is 18.2 Å². The van der Waals surface area contributed by atoms with Crippen LogP contribution in [0.4, 0.5) is 5.69 Å². The van der Waals surface area contributed by atoms with Crippen molar-refractivity contribution >= 4 is 29.0 Å². The first-order chi connectivity index (χ1) is 13.1. The average Bonchev–Trinajstić information content (AvgIpc) is 2.65. The Morgan fingerprint density at radius 1 is 0.963 bits per heavy atom. The van der Waals surface area contributed by atoms with Gasteiger partial charge in [-0.15, -0.1) is 0 Å². The van der Waals surface area contributed by atoms with Gasteiger partial charge in [0, 0.05) is 17.8 Å². The van der Waals surface area contributed by atoms with E-state index in [-0.39, 0.29) is 23.7 Å². The van der Waals surface area contributed by atoms with Gasteiger partial charge in [0.05, 0.1) is 10.7 Å². The van der Waals surface area contributed by atoms with Gasteiger partial charge in [-0.2, -0.15) is 0 Å². The van der Waals surface area contributed by atoms with Crippen LogP contribution >= 0.6 is 11.6 Å². The molecular formula is C22H22ClNO3. The summed E-state index contributed by atoms with van der Waals surface area (Å²) in [6, 6.07) is 14.6. The highest BCUT2D eigenvalue weighted by molar-refractivity contribution is 6.32. The normalized spacial score (nSPS) is 24.3. The number of hydrogen-bond acceptors (Lipinski definition) is 3. The average molecular weight is 384 g/mol. The number of anilines is 1. The molecule has 0 aromatic heterocycles. The summed E-state index contributed by atoms with van der Waals surface area (Å²) in [7, 11) is 0. The van der Waals surface area contributed by atoms with Crippen LogP contribution in [-0.2, 0) is 9.59 Å². The van der Waals surface area contributed by atoms with Gasteiger partial charge in [-0.25, -0.2) is 0 Å². The fourth-order valence-corrected chi connectivity index (χ4v) is 4.41. The number of benzene rings is 2. The van der Waals surface area contributed by atoms with Crippen LogP contribution in [-0.4, -0.2) is 11.7 Å². The van der Waals surface area contributed by atoms with Crippen molar-refractivity contribution in [2.75, 3.05) is 5.32 Å². The minimum absolute atomic E-state index is 0.0328. The Morgan fingerprint density at radius 3 is 2.30 bits per heavy atom. The van der Waals surface area contributed by atoms with E-state index in [4.69, 9.17) is 16.3 Å². The molecule has 2 aliphatic rings. The van der Waals surface area contributed by atoms with Gasteiger partial charge in [0.2, 0.25) is 5.91 Å². The first-order valence-corrected chi connectivity index (χ1v) is 9.85. The molecule has 2 bridgehead atoms. The number of carbonyl (C=O) groups is 2. The largest absolute Gasteiger partial charge is 0.454 e. The number of halogens is 1. The number of para-hydroxylation sites is 3. The minimum atomic E-state index is -0.119. The molecule has 2 aliphatic carbocycles. The molecule has 0 heterocycles. The van der Waals surface area contributed by atoms with Crippen molar-refractivity contribution in [2.24, 2.45) is 17.8 Å². The molecule has 0 radical (unpaired) electrons. The molecule has 2 atom stereocenters. The lowest BCUT2D eigenvalue weighted by atomic mass is 9.67. The highest BCUT2D eigenvalue weighted by Crippen LogP contribution is 2.41. The zero-order valence-electron chi connectivity index (χ0n) is 15.0. The standard InChI is InChI=1S/C22H22ClNO3/c23-17-8-1-3-10-19(17)27-20-11-4-2-9-18(20)24-22(26)16-12-14-6-5-7-15(13-16)21(14)25/h1-4,8-11,14-16H,5-7,12-13H2,(H,24,26). The van der Waals surface area contributed by atoms with E-state index in [1.807, 2.05) is 30.3 Å². The van der Waals surface area contributed by atoms with Gasteiger partial charge in [0.15, 0.2) is 5.75 Å². The van der Waals surface area contributed by atoms with E-state index < -0.39 is 0 Å². The highest BCUT2D eigenvalue weighted by atomic mass is 35.5. The monoisotopic (exact) mass is 383 g/mol. The number of rotatable bonds is 4. The van der Waals surface area contributed by atoms with Crippen molar-refractivity contribution in [3.8, 4) is 11.5 Å². The van der Waals surface area contributed by atoms with Gasteiger partial charge in [0.1, 0.15) is 11.5 Å². The van der Waals surface area contributed by atoms with Crippen LogP contribution in [0.3, 0.4) is 0 Å². The Morgan fingerprint density at radius 2 is 1.59 bits per heavy atom. The Hall–Kier alpha value is -2.33. The summed E-state index contributed by atoms with van der Waals surface area (Å²) in [5.74, 6) is 1.42. The first-order valence-electron chi connectivity index (χ1n) is 9.48. The summed E-state index contributed by atoms with van der Waals surface area (Å²) >= 11 is 6.18. The minimum Gasteiger partial charge on any atom is -0.454 e. The zero-order valence-corrected chi connectivity index (χ0v) is 15.7. The van der Waals surface area contributed by atoms with E-state index in [0.717, 1.165) is 19.3 Å². The summed E-state index contributed by atoms with van der Waals surface area (Å²) in [5, 5.41) is 3.52. The zero-order chi connectivity index (χ0) is 18.8. The predicted molar refractivity (Wildman–Crippen MR) is 105 cm³/mol. The molecule has 0 saturated heterocycles. The van der Waals surface area contributed by atoms with Crippen molar-refractivity contribution in [3.05, 3.63) is 53.6 Å². The molecule has 4 rings (SSSR count). The molecule has 1 amide bonds. The third-order valence-electron chi connectivity index (χ3n) is 5.62. The molecule has 1 N–H and O–H groups in total. The summed E-state index contributed by atoms with van der Waals surface area (Å²) in [6.45, 7) is 0. The number of hydrogen-bond donors (Lipinski definition) is 1. The van der Waals surface area contributed by atoms with Crippen LogP contribution in [0, 0.1) is 17.8 Å². The lowest BCUT2D eigenvalue weighted by Crippen LogP contribution is -2.40. The van der Waals surface area contributed by atoms with E-state index in [2.05, 4.69) is 5.32 Å². The van der Waals surface area contributed by atoms with Gasteiger partial charge in [-0.3, -0.25) is 9.59 Å². The maximum Gasteiger partial charge on any atom is 0.227 e. The third kappa shape index (κ3) is 3.86. The summed E-state index contributed by atoms with van der Waals surface area (Å²) in [4.78, 5) is 25.1. The molecule has 0 spiro atoms. The maximum absolute atomic E-state index is 12.9. The fourth-order valence-electron chi connectivity index (χ4n) is 4.23. The molecule has 27 heavy (non-hydrogen) atoms. The molecule has 2 aromatic carbocycles. The number of amides is 1. The molecule has 5 heteroatoms. The topological polar surface area (TPSA) is 55.4 Å². The molecule has 2 fully saturated rings. The van der Waals surface area contributed by atoms with Gasteiger partial charge < -0.3 is 10.1 Å². The van der Waals surface area contributed by atoms with E-state index in [0.29, 0.717) is 40.8 Å². The Balaban J connectivity index is 1.49. The van der Waals surface area contributed by atoms with Gasteiger partial charge >= 0.3 is 0 Å². The molecule has 0 aliphatic heterocycles. The van der Waals surface area contributed by atoms with E-state index in [9.17, 15) is 9.59 Å². The number of ether oxygens (including phenoxy) is 1. The third-order valence-corrected chi connectivity index (χ3v) is 5.93. The van der Waals surface area contributed by atoms with E-state index in [1.165, 1.54) is 0 Å². The van der Waals surface area contributed by atoms with Crippen molar-refractivity contribution < 1.29 is 14.3 Å². The van der Waals surface area contributed by atoms with Crippen molar-refractivity contribution in [3.63, 3.8) is 0 Å². The Kier molecular flexibility index (Phi) is 5.17. The summed E-state index contributed by atoms with van der Waals surface area (Å²) in [6.07, 6.45) is 4.27. The van der Waals surface area contributed by atoms with Crippen molar-refractivity contribution in [2.45, 2.75) is 32.1 Å². The maximum atomic E-state index is 12.9. The molecule has 4 nitrogen and oxygen atoms in total. The second-order valence-corrected chi connectivity index (χ2v) is 7.82. The van der Waals surface area contributed by atoms with E-state index >= 15 is 0 Å². The predicted octanol–water partition coefficient (Wildman–Crippen LogP) is 5.47. The van der Waals surface area contributed by atoms with Crippen LogP contribution in [0.1, 0.15) is 32.1 Å².